The molecule has 0 N–H and O–H groups in total. The van der Waals surface area contributed by atoms with Crippen LogP contribution in [0.15, 0.2) is 54.6 Å². The van der Waals surface area contributed by atoms with Crippen LogP contribution < -0.4 is 4.74 Å². The molecule has 2 aromatic rings. The third kappa shape index (κ3) is 3.20. The number of hydrogen-bond acceptors (Lipinski definition) is 2. The van der Waals surface area contributed by atoms with Crippen LogP contribution in [0.1, 0.15) is 30.4 Å². The molecule has 0 aliphatic carbocycles. The molecule has 1 saturated heterocycles. The molecule has 1 fully saturated rings. The molecule has 3 rings (SSSR count). The lowest BCUT2D eigenvalue weighted by molar-refractivity contribution is 0.263. The maximum Gasteiger partial charge on any atom is 0.119 e. The Labute approximate surface area is 120 Å². The fraction of sp³-hybridized carbons (Fsp3) is 0.333. The molecule has 0 spiro atoms. The second-order valence-corrected chi connectivity index (χ2v) is 5.21. The molecule has 2 atom stereocenters. The van der Waals surface area contributed by atoms with Crippen LogP contribution in [0.3, 0.4) is 0 Å². The highest BCUT2D eigenvalue weighted by Crippen LogP contribution is 2.29. The molecule has 0 saturated carbocycles. The minimum Gasteiger partial charge on any atom is -0.491 e. The Morgan fingerprint density at radius 2 is 1.70 bits per heavy atom. The molecule has 20 heavy (non-hydrogen) atoms. The van der Waals surface area contributed by atoms with Gasteiger partial charge in [-0.1, -0.05) is 49.4 Å². The molecule has 0 amide bonds. The van der Waals surface area contributed by atoms with Gasteiger partial charge in [0.15, 0.2) is 0 Å². The molecule has 0 radical (unpaired) electrons. The van der Waals surface area contributed by atoms with Crippen LogP contribution in [0.4, 0.5) is 0 Å². The summed E-state index contributed by atoms with van der Waals surface area (Å²) in [6, 6.07) is 19.1. The summed E-state index contributed by atoms with van der Waals surface area (Å²) in [5, 5.41) is 0. The van der Waals surface area contributed by atoms with Gasteiger partial charge in [0.05, 0.1) is 6.61 Å². The molecular weight excluding hydrogens is 248 g/mol. The van der Waals surface area contributed by atoms with Crippen molar-refractivity contribution < 1.29 is 9.47 Å². The van der Waals surface area contributed by atoms with E-state index in [0.717, 1.165) is 18.8 Å². The fourth-order valence-electron chi connectivity index (χ4n) is 2.50. The van der Waals surface area contributed by atoms with E-state index < -0.39 is 0 Å². The summed E-state index contributed by atoms with van der Waals surface area (Å²) in [7, 11) is 0. The minimum atomic E-state index is 0.308. The summed E-state index contributed by atoms with van der Waals surface area (Å²) in [6.07, 6.45) is 1.41. The second kappa shape index (κ2) is 6.10. The number of rotatable bonds is 6. The largest absolute Gasteiger partial charge is 0.491 e. The number of ether oxygens (including phenoxy) is 2. The van der Waals surface area contributed by atoms with E-state index in [1.54, 1.807) is 0 Å². The molecule has 1 heterocycles. The van der Waals surface area contributed by atoms with Gasteiger partial charge in [-0.3, -0.25) is 0 Å². The van der Waals surface area contributed by atoms with Crippen LogP contribution in [0, 0.1) is 0 Å². The van der Waals surface area contributed by atoms with E-state index in [0.29, 0.717) is 18.6 Å². The summed E-state index contributed by atoms with van der Waals surface area (Å²) in [5.74, 6) is 1.38. The highest BCUT2D eigenvalue weighted by molar-refractivity contribution is 5.35. The van der Waals surface area contributed by atoms with Crippen molar-refractivity contribution in [3.05, 3.63) is 65.7 Å². The molecule has 2 aromatic carbocycles. The lowest BCUT2D eigenvalue weighted by Crippen LogP contribution is -2.04. The Morgan fingerprint density at radius 1 is 1.05 bits per heavy atom. The topological polar surface area (TPSA) is 21.8 Å². The second-order valence-electron chi connectivity index (χ2n) is 5.21. The molecule has 1 aliphatic heterocycles. The van der Waals surface area contributed by atoms with E-state index in [1.807, 2.05) is 0 Å². The van der Waals surface area contributed by atoms with Crippen LogP contribution in [-0.4, -0.2) is 19.3 Å². The van der Waals surface area contributed by atoms with Gasteiger partial charge in [-0.25, -0.2) is 0 Å². The minimum absolute atomic E-state index is 0.308. The molecule has 2 heteroatoms. The first-order valence-electron chi connectivity index (χ1n) is 7.26. The summed E-state index contributed by atoms with van der Waals surface area (Å²) in [5.41, 5.74) is 2.71. The Bertz CT molecular complexity index is 529. The van der Waals surface area contributed by atoms with Crippen LogP contribution >= 0.6 is 0 Å². The molecular formula is C18H20O2. The van der Waals surface area contributed by atoms with Gasteiger partial charge < -0.3 is 9.47 Å². The number of hydrogen-bond donors (Lipinski definition) is 0. The van der Waals surface area contributed by atoms with Crippen molar-refractivity contribution in [2.24, 2.45) is 0 Å². The predicted octanol–water partition coefficient (Wildman–Crippen LogP) is 4.01. The van der Waals surface area contributed by atoms with Gasteiger partial charge >= 0.3 is 0 Å². The van der Waals surface area contributed by atoms with Crippen molar-refractivity contribution in [2.75, 3.05) is 13.2 Å². The first kappa shape index (κ1) is 13.2. The van der Waals surface area contributed by atoms with Crippen LogP contribution in [-0.2, 0) is 4.74 Å². The van der Waals surface area contributed by atoms with Gasteiger partial charge in [-0.2, -0.15) is 0 Å². The summed E-state index contributed by atoms with van der Waals surface area (Å²) in [4.78, 5) is 0. The highest BCUT2D eigenvalue weighted by Gasteiger charge is 2.23. The molecule has 0 bridgehead atoms. The zero-order valence-electron chi connectivity index (χ0n) is 11.8. The smallest absolute Gasteiger partial charge is 0.119 e. The first-order valence-corrected chi connectivity index (χ1v) is 7.26. The lowest BCUT2D eigenvalue weighted by atomic mass is 9.89. The van der Waals surface area contributed by atoms with E-state index in [1.165, 1.54) is 11.1 Å². The Balaban J connectivity index is 1.71. The van der Waals surface area contributed by atoms with Crippen molar-refractivity contribution in [3.8, 4) is 5.75 Å². The van der Waals surface area contributed by atoms with Gasteiger partial charge in [0, 0.05) is 5.92 Å². The normalized spacial score (nSPS) is 18.6. The van der Waals surface area contributed by atoms with Gasteiger partial charge in [0.2, 0.25) is 0 Å². The Hall–Kier alpha value is -1.80. The molecule has 1 aliphatic rings. The summed E-state index contributed by atoms with van der Waals surface area (Å²) >= 11 is 0. The molecule has 0 aromatic heterocycles. The predicted molar refractivity (Wildman–Crippen MR) is 80.3 cm³/mol. The fourth-order valence-corrected chi connectivity index (χ4v) is 2.50. The third-order valence-electron chi connectivity index (χ3n) is 3.73. The standard InChI is InChI=1S/C18H20O2/c1-2-18(14-6-4-3-5-7-14)15-8-10-16(11-9-15)19-12-17-13-20-17/h3-11,17-18H,2,12-13H2,1H3. The van der Waals surface area contributed by atoms with E-state index in [2.05, 4.69) is 61.5 Å². The average molecular weight is 268 g/mol. The van der Waals surface area contributed by atoms with Crippen molar-refractivity contribution in [1.29, 1.82) is 0 Å². The maximum atomic E-state index is 5.68. The first-order chi connectivity index (χ1) is 9.86. The van der Waals surface area contributed by atoms with Gasteiger partial charge in [-0.15, -0.1) is 0 Å². The Kier molecular flexibility index (Phi) is 4.03. The van der Waals surface area contributed by atoms with E-state index in [-0.39, 0.29) is 0 Å². The van der Waals surface area contributed by atoms with Gasteiger partial charge in [-0.05, 0) is 29.7 Å². The van der Waals surface area contributed by atoms with Gasteiger partial charge in [0.25, 0.3) is 0 Å². The summed E-state index contributed by atoms with van der Waals surface area (Å²) < 4.78 is 10.8. The zero-order chi connectivity index (χ0) is 13.8. The van der Waals surface area contributed by atoms with Crippen molar-refractivity contribution in [1.82, 2.24) is 0 Å². The zero-order valence-corrected chi connectivity index (χ0v) is 11.8. The Morgan fingerprint density at radius 3 is 2.30 bits per heavy atom. The highest BCUT2D eigenvalue weighted by atomic mass is 16.6. The van der Waals surface area contributed by atoms with Crippen LogP contribution in [0.5, 0.6) is 5.75 Å². The monoisotopic (exact) mass is 268 g/mol. The molecule has 2 nitrogen and oxygen atoms in total. The third-order valence-corrected chi connectivity index (χ3v) is 3.73. The van der Waals surface area contributed by atoms with Crippen LogP contribution in [0.2, 0.25) is 0 Å². The summed E-state index contributed by atoms with van der Waals surface area (Å²) in [6.45, 7) is 3.73. The van der Waals surface area contributed by atoms with Crippen molar-refractivity contribution in [2.45, 2.75) is 25.4 Å². The maximum absolute atomic E-state index is 5.68. The number of epoxide rings is 1. The average Bonchev–Trinajstić information content (AvgIpc) is 3.33. The van der Waals surface area contributed by atoms with Crippen LogP contribution in [0.25, 0.3) is 0 Å². The number of benzene rings is 2. The van der Waals surface area contributed by atoms with E-state index >= 15 is 0 Å². The SMILES string of the molecule is CCC(c1ccccc1)c1ccc(OCC2CO2)cc1. The van der Waals surface area contributed by atoms with Gasteiger partial charge in [0.1, 0.15) is 18.5 Å². The van der Waals surface area contributed by atoms with E-state index in [4.69, 9.17) is 9.47 Å². The van der Waals surface area contributed by atoms with Crippen molar-refractivity contribution >= 4 is 0 Å². The lowest BCUT2D eigenvalue weighted by Gasteiger charge is -2.16. The van der Waals surface area contributed by atoms with E-state index in [9.17, 15) is 0 Å². The quantitative estimate of drug-likeness (QED) is 0.738. The van der Waals surface area contributed by atoms with Crippen molar-refractivity contribution in [3.63, 3.8) is 0 Å². The molecule has 104 valence electrons. The molecule has 2 unspecified atom stereocenters.